The average molecular weight is 346 g/mol. The molecule has 136 valence electrons. The molecule has 1 heterocycles. The highest BCUT2D eigenvalue weighted by atomic mass is 16.6. The number of hydrogen-bond donors (Lipinski definition) is 2. The van der Waals surface area contributed by atoms with Gasteiger partial charge in [0, 0.05) is 19.5 Å². The van der Waals surface area contributed by atoms with E-state index >= 15 is 0 Å². The van der Waals surface area contributed by atoms with Crippen LogP contribution in [-0.4, -0.2) is 61.8 Å². The van der Waals surface area contributed by atoms with Gasteiger partial charge in [0.1, 0.15) is 6.04 Å². The highest BCUT2D eigenvalue weighted by Gasteiger charge is 2.30. The third-order valence-electron chi connectivity index (χ3n) is 3.96. The van der Waals surface area contributed by atoms with Crippen LogP contribution in [0.15, 0.2) is 29.4 Å². The highest BCUT2D eigenvalue weighted by Crippen LogP contribution is 2.17. The molecule has 0 spiro atoms. The lowest BCUT2D eigenvalue weighted by Crippen LogP contribution is -2.49. The topological polar surface area (TPSA) is 83.0 Å². The first-order chi connectivity index (χ1) is 11.9. The van der Waals surface area contributed by atoms with E-state index in [4.69, 9.17) is 4.84 Å². The third kappa shape index (κ3) is 5.56. The van der Waals surface area contributed by atoms with Gasteiger partial charge in [-0.2, -0.15) is 0 Å². The Morgan fingerprint density at radius 1 is 1.32 bits per heavy atom. The maximum atomic E-state index is 12.3. The summed E-state index contributed by atoms with van der Waals surface area (Å²) in [4.78, 5) is 31.5. The summed E-state index contributed by atoms with van der Waals surface area (Å²) in [6.07, 6.45) is -0.308. The first-order valence-electron chi connectivity index (χ1n) is 8.39. The highest BCUT2D eigenvalue weighted by molar-refractivity contribution is 6.04. The molecule has 0 aromatic heterocycles. The number of nitrogens with one attached hydrogen (secondary N) is 2. The summed E-state index contributed by atoms with van der Waals surface area (Å²) in [5.41, 5.74) is 2.84. The average Bonchev–Trinajstić information content (AvgIpc) is 3.05. The number of benzene rings is 1. The molecule has 0 saturated carbocycles. The largest absolute Gasteiger partial charge is 0.382 e. The molecule has 25 heavy (non-hydrogen) atoms. The first kappa shape index (κ1) is 18.9. The monoisotopic (exact) mass is 346 g/mol. The summed E-state index contributed by atoms with van der Waals surface area (Å²) in [6, 6.07) is 7.27. The van der Waals surface area contributed by atoms with Crippen molar-refractivity contribution in [2.45, 2.75) is 32.4 Å². The second-order valence-electron chi connectivity index (χ2n) is 6.53. The zero-order valence-electron chi connectivity index (χ0n) is 15.2. The van der Waals surface area contributed by atoms with Crippen molar-refractivity contribution in [2.24, 2.45) is 5.16 Å². The molecule has 1 aromatic rings. The van der Waals surface area contributed by atoms with Gasteiger partial charge in [0.2, 0.25) is 12.0 Å². The maximum absolute atomic E-state index is 12.3. The summed E-state index contributed by atoms with van der Waals surface area (Å²) in [7, 11) is 3.86. The molecule has 1 aromatic carbocycles. The van der Waals surface area contributed by atoms with Crippen molar-refractivity contribution in [3.63, 3.8) is 0 Å². The van der Waals surface area contributed by atoms with Gasteiger partial charge >= 0.3 is 0 Å². The van der Waals surface area contributed by atoms with Gasteiger partial charge in [0.15, 0.2) is 0 Å². The van der Waals surface area contributed by atoms with Crippen LogP contribution >= 0.6 is 0 Å². The van der Waals surface area contributed by atoms with Crippen molar-refractivity contribution < 1.29 is 14.4 Å². The zero-order valence-corrected chi connectivity index (χ0v) is 15.2. The number of oxime groups is 1. The fraction of sp³-hybridized carbons (Fsp3) is 0.500. The molecule has 2 rings (SSSR count). The number of likely N-dealkylation sites (N-methyl/N-ethyl adjacent to an activating group) is 1. The van der Waals surface area contributed by atoms with E-state index in [0.717, 1.165) is 23.4 Å². The quantitative estimate of drug-likeness (QED) is 0.760. The molecule has 2 amide bonds. The third-order valence-corrected chi connectivity index (χ3v) is 3.96. The Labute approximate surface area is 148 Å². The van der Waals surface area contributed by atoms with Gasteiger partial charge < -0.3 is 20.4 Å². The van der Waals surface area contributed by atoms with Gasteiger partial charge in [-0.15, -0.1) is 0 Å². The summed E-state index contributed by atoms with van der Waals surface area (Å²) < 4.78 is 0. The van der Waals surface area contributed by atoms with E-state index in [2.05, 4.69) is 15.8 Å². The van der Waals surface area contributed by atoms with Crippen LogP contribution in [0, 0.1) is 6.92 Å². The van der Waals surface area contributed by atoms with E-state index in [-0.39, 0.29) is 11.8 Å². The van der Waals surface area contributed by atoms with Crippen LogP contribution in [0.5, 0.6) is 0 Å². The van der Waals surface area contributed by atoms with Crippen LogP contribution in [-0.2, 0) is 14.4 Å². The second-order valence-corrected chi connectivity index (χ2v) is 6.53. The van der Waals surface area contributed by atoms with E-state index in [0.29, 0.717) is 13.0 Å². The van der Waals surface area contributed by atoms with Crippen LogP contribution in [0.1, 0.15) is 24.5 Å². The molecule has 0 bridgehead atoms. The van der Waals surface area contributed by atoms with Gasteiger partial charge in [-0.1, -0.05) is 35.0 Å². The number of amides is 2. The number of rotatable bonds is 7. The summed E-state index contributed by atoms with van der Waals surface area (Å²) >= 11 is 0. The first-order valence-corrected chi connectivity index (χ1v) is 8.39. The van der Waals surface area contributed by atoms with Gasteiger partial charge in [-0.25, -0.2) is 0 Å². The Bertz CT molecular complexity index is 640. The lowest BCUT2D eigenvalue weighted by molar-refractivity contribution is -0.135. The van der Waals surface area contributed by atoms with Crippen molar-refractivity contribution in [3.8, 4) is 0 Å². The molecule has 2 N–H and O–H groups in total. The zero-order chi connectivity index (χ0) is 18.4. The van der Waals surface area contributed by atoms with Crippen LogP contribution in [0.2, 0.25) is 0 Å². The maximum Gasteiger partial charge on any atom is 0.264 e. The molecular formula is C18H26N4O3. The SMILES string of the molecule is Cc1ccc(C2=NO[C@@H](C(=O)N[C@@H](C)C(=O)NCCN(C)C)C2)cc1. The Kier molecular flexibility index (Phi) is 6.52. The van der Waals surface area contributed by atoms with Crippen LogP contribution in [0.3, 0.4) is 0 Å². The lowest BCUT2D eigenvalue weighted by Gasteiger charge is -2.17. The van der Waals surface area contributed by atoms with E-state index in [1.807, 2.05) is 50.2 Å². The Hall–Kier alpha value is -2.41. The fourth-order valence-electron chi connectivity index (χ4n) is 2.36. The molecule has 2 atom stereocenters. The Balaban J connectivity index is 1.80. The molecule has 1 aliphatic heterocycles. The van der Waals surface area contributed by atoms with Crippen molar-refractivity contribution in [3.05, 3.63) is 35.4 Å². The second kappa shape index (κ2) is 8.62. The molecule has 7 heteroatoms. The van der Waals surface area contributed by atoms with Crippen LogP contribution < -0.4 is 10.6 Å². The molecule has 1 aliphatic rings. The Morgan fingerprint density at radius 3 is 2.64 bits per heavy atom. The number of carbonyl (C=O) groups is 2. The normalized spacial score (nSPS) is 17.6. The van der Waals surface area contributed by atoms with Gasteiger partial charge in [0.05, 0.1) is 5.71 Å². The molecule has 0 radical (unpaired) electrons. The Morgan fingerprint density at radius 2 is 2.00 bits per heavy atom. The minimum atomic E-state index is -0.701. The van der Waals surface area contributed by atoms with E-state index in [9.17, 15) is 9.59 Å². The molecular weight excluding hydrogens is 320 g/mol. The number of aryl methyl sites for hydroxylation is 1. The van der Waals surface area contributed by atoms with Crippen molar-refractivity contribution >= 4 is 17.5 Å². The molecule has 0 fully saturated rings. The number of hydrogen-bond acceptors (Lipinski definition) is 5. The molecule has 0 saturated heterocycles. The smallest absolute Gasteiger partial charge is 0.264 e. The summed E-state index contributed by atoms with van der Waals surface area (Å²) in [5.74, 6) is -0.547. The summed E-state index contributed by atoms with van der Waals surface area (Å²) in [6.45, 7) is 4.94. The summed E-state index contributed by atoms with van der Waals surface area (Å²) in [5, 5.41) is 9.47. The standard InChI is InChI=1S/C18H26N4O3/c1-12-5-7-14(8-6-12)15-11-16(25-21-15)18(24)20-13(2)17(23)19-9-10-22(3)4/h5-8,13,16H,9-11H2,1-4H3,(H,19,23)(H,20,24)/t13-,16+/m0/s1. The molecule has 0 aliphatic carbocycles. The van der Waals surface area contributed by atoms with Gasteiger partial charge in [0.25, 0.3) is 5.91 Å². The predicted octanol–water partition coefficient (Wildman–Crippen LogP) is 0.671. The minimum Gasteiger partial charge on any atom is -0.382 e. The number of carbonyl (C=O) groups excluding carboxylic acids is 2. The van der Waals surface area contributed by atoms with E-state index < -0.39 is 12.1 Å². The van der Waals surface area contributed by atoms with Crippen LogP contribution in [0.4, 0.5) is 0 Å². The lowest BCUT2D eigenvalue weighted by atomic mass is 10.0. The van der Waals surface area contributed by atoms with Gasteiger partial charge in [-0.05, 0) is 33.5 Å². The van der Waals surface area contributed by atoms with Crippen molar-refractivity contribution in [1.29, 1.82) is 0 Å². The van der Waals surface area contributed by atoms with E-state index in [1.54, 1.807) is 6.92 Å². The molecule has 0 unspecified atom stereocenters. The minimum absolute atomic E-state index is 0.215. The van der Waals surface area contributed by atoms with Crippen LogP contribution in [0.25, 0.3) is 0 Å². The van der Waals surface area contributed by atoms with Crippen molar-refractivity contribution in [2.75, 3.05) is 27.2 Å². The van der Waals surface area contributed by atoms with Crippen molar-refractivity contribution in [1.82, 2.24) is 15.5 Å². The van der Waals surface area contributed by atoms with E-state index in [1.165, 1.54) is 0 Å². The predicted molar refractivity (Wildman–Crippen MR) is 96.4 cm³/mol. The molecule has 7 nitrogen and oxygen atoms in total. The fourth-order valence-corrected chi connectivity index (χ4v) is 2.36. The van der Waals surface area contributed by atoms with Gasteiger partial charge in [-0.3, -0.25) is 9.59 Å². The number of nitrogens with zero attached hydrogens (tertiary/aromatic N) is 2.